The Hall–Kier alpha value is -2.89. The molecule has 0 atom stereocenters. The molecular formula is C20H16N4S. The summed E-state index contributed by atoms with van der Waals surface area (Å²) in [6.07, 6.45) is 3.61. The Morgan fingerprint density at radius 2 is 1.64 bits per heavy atom. The van der Waals surface area contributed by atoms with Crippen LogP contribution in [0.3, 0.4) is 0 Å². The molecule has 0 radical (unpaired) electrons. The van der Waals surface area contributed by atoms with Crippen molar-refractivity contribution in [2.75, 3.05) is 5.73 Å². The predicted molar refractivity (Wildman–Crippen MR) is 105 cm³/mol. The van der Waals surface area contributed by atoms with Gasteiger partial charge in [0.15, 0.2) is 0 Å². The van der Waals surface area contributed by atoms with E-state index in [2.05, 4.69) is 34.2 Å². The fourth-order valence-electron chi connectivity index (χ4n) is 2.89. The molecular weight excluding hydrogens is 328 g/mol. The molecule has 0 unspecified atom stereocenters. The number of nitrogen functional groups attached to an aromatic ring is 1. The van der Waals surface area contributed by atoms with Gasteiger partial charge in [-0.25, -0.2) is 4.98 Å². The molecule has 122 valence electrons. The van der Waals surface area contributed by atoms with Crippen molar-refractivity contribution in [3.63, 3.8) is 0 Å². The normalized spacial score (nSPS) is 10.9. The Morgan fingerprint density at radius 3 is 2.44 bits per heavy atom. The monoisotopic (exact) mass is 344 g/mol. The first-order valence-electron chi connectivity index (χ1n) is 7.82. The zero-order valence-corrected chi connectivity index (χ0v) is 14.2. The minimum atomic E-state index is 0.513. The predicted octanol–water partition coefficient (Wildman–Crippen LogP) is 4.51. The molecule has 0 bridgehead atoms. The van der Waals surface area contributed by atoms with Gasteiger partial charge in [-0.3, -0.25) is 10.1 Å². The lowest BCUT2D eigenvalue weighted by Gasteiger charge is -2.09. The molecule has 0 saturated carbocycles. The van der Waals surface area contributed by atoms with E-state index in [0.29, 0.717) is 5.82 Å². The third-order valence-corrected chi connectivity index (χ3v) is 4.67. The van der Waals surface area contributed by atoms with Gasteiger partial charge in [-0.1, -0.05) is 18.2 Å². The van der Waals surface area contributed by atoms with Crippen LogP contribution in [0.15, 0.2) is 78.0 Å². The standard InChI is InChI=1S/C20H16N4S/c21-20-7-5-15(12-24-20)17-8-9-23-19-6-4-14(11-18(17)19)13-2-1-3-16(10-13)25-22/h1-12H,22H2,(H2,21,24). The fourth-order valence-corrected chi connectivity index (χ4v) is 3.24. The number of fused-ring (bicyclic) bond motifs is 1. The van der Waals surface area contributed by atoms with Crippen molar-refractivity contribution < 1.29 is 0 Å². The summed E-state index contributed by atoms with van der Waals surface area (Å²) in [5.74, 6) is 0.513. The third-order valence-electron chi connectivity index (χ3n) is 4.14. The van der Waals surface area contributed by atoms with Gasteiger partial charge in [0.05, 0.1) is 5.52 Å². The highest BCUT2D eigenvalue weighted by atomic mass is 32.2. The Bertz CT molecular complexity index is 1040. The lowest BCUT2D eigenvalue weighted by molar-refractivity contribution is 1.33. The van der Waals surface area contributed by atoms with Crippen LogP contribution in [0, 0.1) is 0 Å². The van der Waals surface area contributed by atoms with E-state index in [4.69, 9.17) is 10.9 Å². The maximum atomic E-state index is 5.71. The number of hydrogen-bond donors (Lipinski definition) is 2. The van der Waals surface area contributed by atoms with Crippen molar-refractivity contribution in [3.05, 3.63) is 73.1 Å². The number of nitrogens with two attached hydrogens (primary N) is 2. The molecule has 2 aromatic heterocycles. The van der Waals surface area contributed by atoms with Gasteiger partial charge in [0, 0.05) is 28.2 Å². The van der Waals surface area contributed by atoms with Crippen molar-refractivity contribution in [2.24, 2.45) is 5.14 Å². The third kappa shape index (κ3) is 3.07. The quantitative estimate of drug-likeness (QED) is 0.535. The molecule has 0 saturated heterocycles. The van der Waals surface area contributed by atoms with Gasteiger partial charge >= 0.3 is 0 Å². The van der Waals surface area contributed by atoms with E-state index in [1.165, 1.54) is 11.9 Å². The largest absolute Gasteiger partial charge is 0.384 e. The highest BCUT2D eigenvalue weighted by Crippen LogP contribution is 2.32. The summed E-state index contributed by atoms with van der Waals surface area (Å²) in [5, 5.41) is 6.77. The van der Waals surface area contributed by atoms with Gasteiger partial charge in [0.2, 0.25) is 0 Å². The van der Waals surface area contributed by atoms with Crippen LogP contribution in [-0.2, 0) is 0 Å². The SMILES string of the molecule is NSc1cccc(-c2ccc3nccc(-c4ccc(N)nc4)c3c2)c1. The summed E-state index contributed by atoms with van der Waals surface area (Å²) in [5.41, 5.74) is 11.0. The van der Waals surface area contributed by atoms with Crippen LogP contribution in [0.4, 0.5) is 5.82 Å². The molecule has 4 aromatic rings. The second-order valence-corrected chi connectivity index (χ2v) is 6.41. The first-order valence-corrected chi connectivity index (χ1v) is 8.70. The molecule has 0 aliphatic carbocycles. The van der Waals surface area contributed by atoms with Crippen LogP contribution >= 0.6 is 11.9 Å². The zero-order chi connectivity index (χ0) is 17.2. The van der Waals surface area contributed by atoms with E-state index in [-0.39, 0.29) is 0 Å². The molecule has 25 heavy (non-hydrogen) atoms. The molecule has 4 rings (SSSR count). The number of rotatable bonds is 3. The van der Waals surface area contributed by atoms with Gasteiger partial charge in [0.1, 0.15) is 5.82 Å². The van der Waals surface area contributed by atoms with Crippen molar-refractivity contribution in [2.45, 2.75) is 4.90 Å². The highest BCUT2D eigenvalue weighted by molar-refractivity contribution is 7.97. The summed E-state index contributed by atoms with van der Waals surface area (Å²) in [4.78, 5) is 9.72. The van der Waals surface area contributed by atoms with Crippen LogP contribution in [0.25, 0.3) is 33.2 Å². The maximum Gasteiger partial charge on any atom is 0.123 e. The second kappa shape index (κ2) is 6.55. The minimum absolute atomic E-state index is 0.513. The van der Waals surface area contributed by atoms with E-state index >= 15 is 0 Å². The Labute approximate surface area is 150 Å². The number of anilines is 1. The van der Waals surface area contributed by atoms with Gasteiger partial charge < -0.3 is 5.73 Å². The summed E-state index contributed by atoms with van der Waals surface area (Å²) in [6, 6.07) is 20.3. The maximum absolute atomic E-state index is 5.71. The number of nitrogens with zero attached hydrogens (tertiary/aromatic N) is 2. The van der Waals surface area contributed by atoms with E-state index < -0.39 is 0 Å². The first-order chi connectivity index (χ1) is 12.2. The molecule has 2 heterocycles. The molecule has 2 aromatic carbocycles. The van der Waals surface area contributed by atoms with Gasteiger partial charge in [-0.15, -0.1) is 0 Å². The molecule has 4 N–H and O–H groups in total. The first kappa shape index (κ1) is 15.6. The van der Waals surface area contributed by atoms with E-state index in [1.54, 1.807) is 6.20 Å². The van der Waals surface area contributed by atoms with Crippen LogP contribution in [0.5, 0.6) is 0 Å². The van der Waals surface area contributed by atoms with Crippen LogP contribution in [0.2, 0.25) is 0 Å². The van der Waals surface area contributed by atoms with E-state index in [1.807, 2.05) is 42.6 Å². The second-order valence-electron chi connectivity index (χ2n) is 5.71. The van der Waals surface area contributed by atoms with Crippen LogP contribution < -0.4 is 10.9 Å². The Kier molecular flexibility index (Phi) is 4.09. The Morgan fingerprint density at radius 1 is 0.800 bits per heavy atom. The van der Waals surface area contributed by atoms with Gasteiger partial charge in [0.25, 0.3) is 0 Å². The Balaban J connectivity index is 1.89. The van der Waals surface area contributed by atoms with Crippen molar-refractivity contribution in [3.8, 4) is 22.3 Å². The van der Waals surface area contributed by atoms with Gasteiger partial charge in [-0.2, -0.15) is 0 Å². The number of aromatic nitrogens is 2. The molecule has 0 spiro atoms. The topological polar surface area (TPSA) is 77.8 Å². The number of hydrogen-bond acceptors (Lipinski definition) is 5. The zero-order valence-electron chi connectivity index (χ0n) is 13.4. The van der Waals surface area contributed by atoms with E-state index in [0.717, 1.165) is 38.1 Å². The molecule has 4 nitrogen and oxygen atoms in total. The molecule has 0 aliphatic heterocycles. The van der Waals surface area contributed by atoms with Crippen LogP contribution in [-0.4, -0.2) is 9.97 Å². The summed E-state index contributed by atoms with van der Waals surface area (Å²) in [6.45, 7) is 0. The number of pyridine rings is 2. The summed E-state index contributed by atoms with van der Waals surface area (Å²) in [7, 11) is 0. The average molecular weight is 344 g/mol. The van der Waals surface area contributed by atoms with Crippen molar-refractivity contribution in [1.29, 1.82) is 0 Å². The lowest BCUT2D eigenvalue weighted by atomic mass is 9.98. The molecule has 0 amide bonds. The van der Waals surface area contributed by atoms with Crippen molar-refractivity contribution >= 4 is 28.7 Å². The summed E-state index contributed by atoms with van der Waals surface area (Å²) >= 11 is 1.25. The smallest absolute Gasteiger partial charge is 0.123 e. The number of benzene rings is 2. The van der Waals surface area contributed by atoms with E-state index in [9.17, 15) is 0 Å². The molecule has 0 fully saturated rings. The van der Waals surface area contributed by atoms with Gasteiger partial charge in [-0.05, 0) is 71.1 Å². The lowest BCUT2D eigenvalue weighted by Crippen LogP contribution is -1.90. The fraction of sp³-hybridized carbons (Fsp3) is 0. The highest BCUT2D eigenvalue weighted by Gasteiger charge is 2.08. The van der Waals surface area contributed by atoms with Crippen LogP contribution in [0.1, 0.15) is 0 Å². The average Bonchev–Trinajstić information content (AvgIpc) is 2.68. The molecule has 0 aliphatic rings. The van der Waals surface area contributed by atoms with Crippen molar-refractivity contribution in [1.82, 2.24) is 9.97 Å². The molecule has 5 heteroatoms. The minimum Gasteiger partial charge on any atom is -0.384 e. The summed E-state index contributed by atoms with van der Waals surface area (Å²) < 4.78 is 0.